The number of hydrogen-bond donors (Lipinski definition) is 1. The minimum Gasteiger partial charge on any atom is -0.496 e. The third-order valence-electron chi connectivity index (χ3n) is 4.11. The lowest BCUT2D eigenvalue weighted by Gasteiger charge is -2.11. The summed E-state index contributed by atoms with van der Waals surface area (Å²) in [6, 6.07) is 18.5. The molecule has 0 radical (unpaired) electrons. The maximum atomic E-state index is 6.13. The first kappa shape index (κ1) is 21.3. The Labute approximate surface area is 185 Å². The average Bonchev–Trinajstić information content (AvgIpc) is 2.73. The normalized spacial score (nSPS) is 10.9. The van der Waals surface area contributed by atoms with Crippen molar-refractivity contribution in [1.29, 1.82) is 0 Å². The molecule has 0 saturated carbocycles. The van der Waals surface area contributed by atoms with E-state index in [1.165, 1.54) is 0 Å². The molecule has 0 unspecified atom stereocenters. The lowest BCUT2D eigenvalue weighted by Crippen LogP contribution is -2.07. The molecule has 0 heterocycles. The highest BCUT2D eigenvalue weighted by Crippen LogP contribution is 2.25. The van der Waals surface area contributed by atoms with E-state index in [4.69, 9.17) is 44.3 Å². The molecule has 0 spiro atoms. The van der Waals surface area contributed by atoms with Gasteiger partial charge in [-0.3, -0.25) is 0 Å². The van der Waals surface area contributed by atoms with Crippen molar-refractivity contribution in [2.24, 2.45) is 5.10 Å². The van der Waals surface area contributed by atoms with Gasteiger partial charge in [0.1, 0.15) is 18.1 Å². The summed E-state index contributed by atoms with van der Waals surface area (Å²) in [6.45, 7) is 0.870. The van der Waals surface area contributed by atoms with Crippen molar-refractivity contribution in [3.63, 3.8) is 0 Å². The molecule has 3 aromatic rings. The minimum absolute atomic E-state index is 0.341. The van der Waals surface area contributed by atoms with Crippen LogP contribution in [0.25, 0.3) is 0 Å². The van der Waals surface area contributed by atoms with Gasteiger partial charge in [-0.2, -0.15) is 5.10 Å². The van der Waals surface area contributed by atoms with Gasteiger partial charge < -0.3 is 14.9 Å². The summed E-state index contributed by atoms with van der Waals surface area (Å²) in [4.78, 5) is 0. The molecule has 0 amide bonds. The summed E-state index contributed by atoms with van der Waals surface area (Å²) in [6.07, 6.45) is 1.67. The van der Waals surface area contributed by atoms with Gasteiger partial charge in [-0.15, -0.1) is 0 Å². The van der Waals surface area contributed by atoms with E-state index in [1.54, 1.807) is 43.7 Å². The second-order valence-electron chi connectivity index (χ2n) is 6.12. The van der Waals surface area contributed by atoms with Crippen LogP contribution >= 0.6 is 34.8 Å². The fourth-order valence-corrected chi connectivity index (χ4v) is 3.14. The van der Waals surface area contributed by atoms with E-state index in [9.17, 15) is 0 Å². The third kappa shape index (κ3) is 6.04. The summed E-state index contributed by atoms with van der Waals surface area (Å²) in [5.41, 5.74) is 5.69. The highest BCUT2D eigenvalue weighted by Gasteiger charge is 2.06. The van der Waals surface area contributed by atoms with Crippen LogP contribution < -0.4 is 14.9 Å². The first-order valence-corrected chi connectivity index (χ1v) is 9.94. The van der Waals surface area contributed by atoms with Gasteiger partial charge in [-0.05, 0) is 42.0 Å². The first-order valence-electron chi connectivity index (χ1n) is 8.81. The predicted octanol–water partition coefficient (Wildman–Crippen LogP) is 6.36. The van der Waals surface area contributed by atoms with Crippen LogP contribution in [0.3, 0.4) is 0 Å². The maximum absolute atomic E-state index is 6.13. The van der Waals surface area contributed by atoms with Crippen molar-refractivity contribution >= 4 is 41.0 Å². The zero-order valence-electron chi connectivity index (χ0n) is 15.7. The Kier molecular flexibility index (Phi) is 7.64. The second kappa shape index (κ2) is 10.4. The minimum atomic E-state index is 0.341. The van der Waals surface area contributed by atoms with Gasteiger partial charge in [0.05, 0.1) is 29.9 Å². The number of nitrogens with zero attached hydrogens (tertiary/aromatic N) is 1. The highest BCUT2D eigenvalue weighted by molar-refractivity contribution is 6.42. The molecule has 3 aromatic carbocycles. The fraction of sp³-hybridized carbons (Fsp3) is 0.136. The molecule has 29 heavy (non-hydrogen) atoms. The first-order chi connectivity index (χ1) is 14.1. The van der Waals surface area contributed by atoms with Gasteiger partial charge in [-0.25, -0.2) is 0 Å². The number of benzene rings is 3. The van der Waals surface area contributed by atoms with Gasteiger partial charge in [0.25, 0.3) is 0 Å². The van der Waals surface area contributed by atoms with Crippen molar-refractivity contribution in [1.82, 2.24) is 5.43 Å². The van der Waals surface area contributed by atoms with Crippen molar-refractivity contribution in [3.05, 3.63) is 92.4 Å². The molecular weight excluding hydrogens is 431 g/mol. The predicted molar refractivity (Wildman–Crippen MR) is 120 cm³/mol. The molecule has 4 nitrogen and oxygen atoms in total. The molecule has 7 heteroatoms. The number of halogens is 3. The van der Waals surface area contributed by atoms with Crippen molar-refractivity contribution in [2.45, 2.75) is 13.2 Å². The fourth-order valence-electron chi connectivity index (χ4n) is 2.64. The van der Waals surface area contributed by atoms with Gasteiger partial charge in [0.2, 0.25) is 0 Å². The largest absolute Gasteiger partial charge is 0.496 e. The quantitative estimate of drug-likeness (QED) is 0.321. The van der Waals surface area contributed by atoms with E-state index in [-0.39, 0.29) is 0 Å². The zero-order chi connectivity index (χ0) is 20.6. The molecule has 0 aliphatic carbocycles. The van der Waals surface area contributed by atoms with E-state index in [2.05, 4.69) is 10.5 Å². The second-order valence-corrected chi connectivity index (χ2v) is 7.38. The summed E-state index contributed by atoms with van der Waals surface area (Å²) >= 11 is 18.2. The number of para-hydroxylation sites is 1. The molecule has 3 rings (SSSR count). The molecule has 0 aliphatic rings. The topological polar surface area (TPSA) is 42.8 Å². The van der Waals surface area contributed by atoms with Gasteiger partial charge in [0.15, 0.2) is 0 Å². The Balaban J connectivity index is 1.66. The number of rotatable bonds is 8. The maximum Gasteiger partial charge on any atom is 0.128 e. The molecule has 1 N–H and O–H groups in total. The van der Waals surface area contributed by atoms with E-state index >= 15 is 0 Å². The number of ether oxygens (including phenoxy) is 2. The van der Waals surface area contributed by atoms with Gasteiger partial charge in [-0.1, -0.05) is 59.1 Å². The molecule has 0 aliphatic heterocycles. The Morgan fingerprint density at radius 1 is 0.931 bits per heavy atom. The highest BCUT2D eigenvalue weighted by atomic mass is 35.5. The lowest BCUT2D eigenvalue weighted by atomic mass is 10.2. The summed E-state index contributed by atoms with van der Waals surface area (Å²) in [5, 5.41) is 5.88. The summed E-state index contributed by atoms with van der Waals surface area (Å²) in [5.74, 6) is 1.46. The van der Waals surface area contributed by atoms with Crippen LogP contribution in [0.2, 0.25) is 15.1 Å². The lowest BCUT2D eigenvalue weighted by molar-refractivity contribution is 0.306. The number of nitrogens with one attached hydrogen (secondary N) is 1. The van der Waals surface area contributed by atoms with Crippen LogP contribution in [0, 0.1) is 0 Å². The van der Waals surface area contributed by atoms with Gasteiger partial charge in [0, 0.05) is 16.1 Å². The van der Waals surface area contributed by atoms with Crippen LogP contribution in [0.4, 0.5) is 0 Å². The van der Waals surface area contributed by atoms with Crippen LogP contribution in [0.1, 0.15) is 16.7 Å². The van der Waals surface area contributed by atoms with E-state index in [0.717, 1.165) is 22.4 Å². The molecule has 0 saturated heterocycles. The molecule has 0 aromatic heterocycles. The van der Waals surface area contributed by atoms with Crippen molar-refractivity contribution < 1.29 is 9.47 Å². The molecule has 0 atom stereocenters. The monoisotopic (exact) mass is 448 g/mol. The van der Waals surface area contributed by atoms with Crippen molar-refractivity contribution in [3.8, 4) is 11.5 Å². The number of hydrogen-bond acceptors (Lipinski definition) is 4. The van der Waals surface area contributed by atoms with Crippen LogP contribution in [-0.4, -0.2) is 13.3 Å². The number of methoxy groups -OCH3 is 1. The Morgan fingerprint density at radius 2 is 1.76 bits per heavy atom. The summed E-state index contributed by atoms with van der Waals surface area (Å²) in [7, 11) is 1.64. The average molecular weight is 450 g/mol. The van der Waals surface area contributed by atoms with Crippen molar-refractivity contribution in [2.75, 3.05) is 7.11 Å². The molecular formula is C22H19Cl3N2O2. The van der Waals surface area contributed by atoms with E-state index < -0.39 is 0 Å². The van der Waals surface area contributed by atoms with E-state index in [1.807, 2.05) is 30.3 Å². The Hall–Kier alpha value is -2.40. The third-order valence-corrected chi connectivity index (χ3v) is 5.08. The smallest absolute Gasteiger partial charge is 0.128 e. The SMILES string of the molecule is COc1ccccc1CN/N=C\c1cc(Cl)ccc1OCc1ccc(Cl)c(Cl)c1. The molecule has 0 bridgehead atoms. The number of hydrazone groups is 1. The zero-order valence-corrected chi connectivity index (χ0v) is 17.9. The molecule has 150 valence electrons. The standard InChI is InChI=1S/C22H19Cl3N2O2/c1-28-21-5-3-2-4-16(21)12-26-27-13-17-11-18(23)7-9-22(17)29-14-15-6-8-19(24)20(25)10-15/h2-11,13,26H,12,14H2,1H3/b27-13-. The van der Waals surface area contributed by atoms with Gasteiger partial charge >= 0.3 is 0 Å². The Morgan fingerprint density at radius 3 is 2.55 bits per heavy atom. The van der Waals surface area contributed by atoms with E-state index in [0.29, 0.717) is 34.0 Å². The molecule has 0 fully saturated rings. The Bertz CT molecular complexity index is 1010. The summed E-state index contributed by atoms with van der Waals surface area (Å²) < 4.78 is 11.3. The van der Waals surface area contributed by atoms with Crippen LogP contribution in [0.15, 0.2) is 65.8 Å². The van der Waals surface area contributed by atoms with Crippen LogP contribution in [-0.2, 0) is 13.2 Å². The van der Waals surface area contributed by atoms with Crippen LogP contribution in [0.5, 0.6) is 11.5 Å².